The molecule has 0 radical (unpaired) electrons. The van der Waals surface area contributed by atoms with Crippen LogP contribution in [0.25, 0.3) is 0 Å². The maximum atomic E-state index is 11.6. The van der Waals surface area contributed by atoms with Gasteiger partial charge >= 0.3 is 0 Å². The zero-order valence-electron chi connectivity index (χ0n) is 10.3. The number of hydrogen-bond donors (Lipinski definition) is 1. The van der Waals surface area contributed by atoms with E-state index in [0.717, 1.165) is 31.1 Å². The predicted molar refractivity (Wildman–Crippen MR) is 66.7 cm³/mol. The van der Waals surface area contributed by atoms with Gasteiger partial charge in [0.05, 0.1) is 12.2 Å². The van der Waals surface area contributed by atoms with Gasteiger partial charge < -0.3 is 10.2 Å². The molecule has 5 heteroatoms. The molecule has 0 aromatic carbocycles. The van der Waals surface area contributed by atoms with Gasteiger partial charge in [0.15, 0.2) is 0 Å². The van der Waals surface area contributed by atoms with E-state index in [1.54, 1.807) is 4.90 Å². The molecule has 1 aliphatic rings. The van der Waals surface area contributed by atoms with Crippen LogP contribution in [-0.2, 0) is 11.3 Å². The molecule has 1 N–H and O–H groups in total. The second-order valence-electron chi connectivity index (χ2n) is 4.29. The Hall–Kier alpha value is -1.62. The first-order valence-electron chi connectivity index (χ1n) is 5.79. The Balaban J connectivity index is 1.98. The molecule has 0 saturated carbocycles. The largest absolute Gasteiger partial charge is 0.373 e. The standard InChI is InChI=1S/C12H18N4O/c1-13-11-5-3-4-10(14-11)8-16-7-6-15(2)12(17)9-16/h3-5H,6-9H2,1-2H3,(H,13,14). The van der Waals surface area contributed by atoms with Gasteiger partial charge in [0.25, 0.3) is 0 Å². The first kappa shape index (κ1) is 11.9. The number of pyridine rings is 1. The lowest BCUT2D eigenvalue weighted by atomic mass is 10.2. The van der Waals surface area contributed by atoms with Gasteiger partial charge in [0.2, 0.25) is 5.91 Å². The van der Waals surface area contributed by atoms with Gasteiger partial charge in [-0.3, -0.25) is 9.69 Å². The minimum absolute atomic E-state index is 0.182. The lowest BCUT2D eigenvalue weighted by Gasteiger charge is -2.31. The van der Waals surface area contributed by atoms with Crippen molar-refractivity contribution in [3.05, 3.63) is 23.9 Å². The van der Waals surface area contributed by atoms with Crippen molar-refractivity contribution in [2.45, 2.75) is 6.54 Å². The zero-order valence-corrected chi connectivity index (χ0v) is 10.3. The molecule has 1 fully saturated rings. The molecule has 0 unspecified atom stereocenters. The minimum atomic E-state index is 0.182. The molecule has 5 nitrogen and oxygen atoms in total. The molecule has 17 heavy (non-hydrogen) atoms. The molecule has 2 heterocycles. The van der Waals surface area contributed by atoms with Gasteiger partial charge in [0.1, 0.15) is 5.82 Å². The molecule has 1 saturated heterocycles. The van der Waals surface area contributed by atoms with Crippen LogP contribution in [0.3, 0.4) is 0 Å². The lowest BCUT2D eigenvalue weighted by Crippen LogP contribution is -2.48. The number of rotatable bonds is 3. The van der Waals surface area contributed by atoms with E-state index < -0.39 is 0 Å². The zero-order chi connectivity index (χ0) is 12.3. The van der Waals surface area contributed by atoms with Crippen LogP contribution in [0.4, 0.5) is 5.82 Å². The Morgan fingerprint density at radius 1 is 1.41 bits per heavy atom. The summed E-state index contributed by atoms with van der Waals surface area (Å²) in [6.07, 6.45) is 0. The van der Waals surface area contributed by atoms with E-state index in [1.807, 2.05) is 32.3 Å². The summed E-state index contributed by atoms with van der Waals surface area (Å²) >= 11 is 0. The fraction of sp³-hybridized carbons (Fsp3) is 0.500. The molecular weight excluding hydrogens is 216 g/mol. The number of hydrogen-bond acceptors (Lipinski definition) is 4. The minimum Gasteiger partial charge on any atom is -0.373 e. The fourth-order valence-electron chi connectivity index (χ4n) is 1.88. The van der Waals surface area contributed by atoms with Crippen molar-refractivity contribution in [1.29, 1.82) is 0 Å². The third-order valence-electron chi connectivity index (χ3n) is 2.98. The molecular formula is C12H18N4O. The van der Waals surface area contributed by atoms with Crippen LogP contribution in [0.1, 0.15) is 5.69 Å². The van der Waals surface area contributed by atoms with Gasteiger partial charge in [0, 0.05) is 33.7 Å². The van der Waals surface area contributed by atoms with E-state index in [2.05, 4.69) is 15.2 Å². The van der Waals surface area contributed by atoms with Crippen molar-refractivity contribution in [2.24, 2.45) is 0 Å². The highest BCUT2D eigenvalue weighted by molar-refractivity contribution is 5.78. The summed E-state index contributed by atoms with van der Waals surface area (Å²) in [4.78, 5) is 19.9. The van der Waals surface area contributed by atoms with E-state index in [0.29, 0.717) is 6.54 Å². The highest BCUT2D eigenvalue weighted by Crippen LogP contribution is 2.09. The van der Waals surface area contributed by atoms with Crippen molar-refractivity contribution < 1.29 is 4.79 Å². The van der Waals surface area contributed by atoms with Gasteiger partial charge in [-0.05, 0) is 12.1 Å². The Bertz CT molecular complexity index is 407. The number of carbonyl (C=O) groups is 1. The third-order valence-corrected chi connectivity index (χ3v) is 2.98. The third kappa shape index (κ3) is 2.94. The van der Waals surface area contributed by atoms with E-state index in [9.17, 15) is 4.79 Å². The summed E-state index contributed by atoms with van der Waals surface area (Å²) in [5, 5.41) is 3.02. The summed E-state index contributed by atoms with van der Waals surface area (Å²) in [5.74, 6) is 1.05. The van der Waals surface area contributed by atoms with E-state index in [-0.39, 0.29) is 5.91 Å². The van der Waals surface area contributed by atoms with Gasteiger partial charge in [-0.25, -0.2) is 4.98 Å². The van der Waals surface area contributed by atoms with Crippen LogP contribution in [0.5, 0.6) is 0 Å². The second-order valence-corrected chi connectivity index (χ2v) is 4.29. The van der Waals surface area contributed by atoms with Crippen molar-refractivity contribution in [1.82, 2.24) is 14.8 Å². The molecule has 1 aromatic rings. The molecule has 0 atom stereocenters. The van der Waals surface area contributed by atoms with Gasteiger partial charge in [-0.2, -0.15) is 0 Å². The highest BCUT2D eigenvalue weighted by atomic mass is 16.2. The molecule has 92 valence electrons. The average molecular weight is 234 g/mol. The normalized spacial score (nSPS) is 17.3. The summed E-state index contributed by atoms with van der Waals surface area (Å²) in [6, 6.07) is 5.90. The molecule has 2 rings (SSSR count). The fourth-order valence-corrected chi connectivity index (χ4v) is 1.88. The quantitative estimate of drug-likeness (QED) is 0.822. The van der Waals surface area contributed by atoms with Crippen molar-refractivity contribution in [3.63, 3.8) is 0 Å². The smallest absolute Gasteiger partial charge is 0.236 e. The highest BCUT2D eigenvalue weighted by Gasteiger charge is 2.20. The molecule has 1 aliphatic heterocycles. The number of piperazine rings is 1. The maximum Gasteiger partial charge on any atom is 0.236 e. The lowest BCUT2D eigenvalue weighted by molar-refractivity contribution is -0.134. The molecule has 0 spiro atoms. The van der Waals surface area contributed by atoms with Gasteiger partial charge in [-0.15, -0.1) is 0 Å². The second kappa shape index (κ2) is 5.14. The number of amides is 1. The van der Waals surface area contributed by atoms with E-state index in [4.69, 9.17) is 0 Å². The number of carbonyl (C=O) groups excluding carboxylic acids is 1. The number of likely N-dealkylation sites (N-methyl/N-ethyl adjacent to an activating group) is 1. The van der Waals surface area contributed by atoms with Crippen LogP contribution in [0, 0.1) is 0 Å². The average Bonchev–Trinajstić information content (AvgIpc) is 2.34. The number of anilines is 1. The van der Waals surface area contributed by atoms with Crippen LogP contribution in [-0.4, -0.2) is 54.4 Å². The first-order valence-corrected chi connectivity index (χ1v) is 5.79. The number of aromatic nitrogens is 1. The number of nitrogens with one attached hydrogen (secondary N) is 1. The van der Waals surface area contributed by atoms with Crippen LogP contribution in [0.2, 0.25) is 0 Å². The number of nitrogens with zero attached hydrogens (tertiary/aromatic N) is 3. The topological polar surface area (TPSA) is 48.5 Å². The van der Waals surface area contributed by atoms with E-state index in [1.165, 1.54) is 0 Å². The van der Waals surface area contributed by atoms with Gasteiger partial charge in [-0.1, -0.05) is 6.07 Å². The van der Waals surface area contributed by atoms with Crippen molar-refractivity contribution in [3.8, 4) is 0 Å². The summed E-state index contributed by atoms with van der Waals surface area (Å²) < 4.78 is 0. The Kier molecular flexibility index (Phi) is 3.58. The summed E-state index contributed by atoms with van der Waals surface area (Å²) in [6.45, 7) is 2.93. The molecule has 1 amide bonds. The monoisotopic (exact) mass is 234 g/mol. The van der Waals surface area contributed by atoms with Crippen LogP contribution < -0.4 is 5.32 Å². The Morgan fingerprint density at radius 2 is 2.24 bits per heavy atom. The van der Waals surface area contributed by atoms with E-state index >= 15 is 0 Å². The SMILES string of the molecule is CNc1cccc(CN2CCN(C)C(=O)C2)n1. The predicted octanol–water partition coefficient (Wildman–Crippen LogP) is 0.397. The van der Waals surface area contributed by atoms with Crippen molar-refractivity contribution in [2.75, 3.05) is 39.0 Å². The Morgan fingerprint density at radius 3 is 2.94 bits per heavy atom. The molecule has 1 aromatic heterocycles. The Labute approximate surface area is 101 Å². The maximum absolute atomic E-state index is 11.6. The van der Waals surface area contributed by atoms with Crippen molar-refractivity contribution >= 4 is 11.7 Å². The molecule has 0 bridgehead atoms. The first-order chi connectivity index (χ1) is 8.19. The summed E-state index contributed by atoms with van der Waals surface area (Å²) in [5.41, 5.74) is 0.995. The molecule has 0 aliphatic carbocycles. The van der Waals surface area contributed by atoms with Crippen LogP contribution >= 0.6 is 0 Å². The summed E-state index contributed by atoms with van der Waals surface area (Å²) in [7, 11) is 3.70. The van der Waals surface area contributed by atoms with Crippen LogP contribution in [0.15, 0.2) is 18.2 Å².